The molecule has 0 radical (unpaired) electrons. The summed E-state index contributed by atoms with van der Waals surface area (Å²) < 4.78 is 22.4. The smallest absolute Gasteiger partial charge is 0.238 e. The quantitative estimate of drug-likeness (QED) is 0.861. The standard InChI is InChI=1S/C13H20N2O3S/c14-19(17,18)13-5-3-12(4-6-13)15-8-1-2-11(10-15)7-9-16/h3-6,11,16H,1-2,7-10H2,(H2,14,17,18). The third kappa shape index (κ3) is 3.68. The maximum Gasteiger partial charge on any atom is 0.238 e. The van der Waals surface area contributed by atoms with Gasteiger partial charge in [-0.1, -0.05) is 0 Å². The molecule has 0 saturated carbocycles. The highest BCUT2D eigenvalue weighted by Gasteiger charge is 2.20. The van der Waals surface area contributed by atoms with Gasteiger partial charge in [0.25, 0.3) is 0 Å². The van der Waals surface area contributed by atoms with Crippen LogP contribution in [0.2, 0.25) is 0 Å². The van der Waals surface area contributed by atoms with Gasteiger partial charge in [-0.05, 0) is 49.4 Å². The molecule has 3 N–H and O–H groups in total. The third-order valence-electron chi connectivity index (χ3n) is 3.59. The summed E-state index contributed by atoms with van der Waals surface area (Å²) in [5.41, 5.74) is 1.01. The molecule has 2 rings (SSSR count). The highest BCUT2D eigenvalue weighted by Crippen LogP contribution is 2.25. The van der Waals surface area contributed by atoms with E-state index in [1.54, 1.807) is 24.3 Å². The molecule has 0 amide bonds. The van der Waals surface area contributed by atoms with Gasteiger partial charge in [0.1, 0.15) is 0 Å². The van der Waals surface area contributed by atoms with Crippen molar-refractivity contribution in [2.45, 2.75) is 24.2 Å². The van der Waals surface area contributed by atoms with Gasteiger partial charge < -0.3 is 10.0 Å². The third-order valence-corrected chi connectivity index (χ3v) is 4.52. The summed E-state index contributed by atoms with van der Waals surface area (Å²) in [6.45, 7) is 2.11. The average Bonchev–Trinajstić information content (AvgIpc) is 2.39. The fourth-order valence-corrected chi connectivity index (χ4v) is 3.08. The van der Waals surface area contributed by atoms with Crippen molar-refractivity contribution < 1.29 is 13.5 Å². The Hall–Kier alpha value is -1.11. The van der Waals surface area contributed by atoms with Gasteiger partial charge in [0.2, 0.25) is 10.0 Å². The van der Waals surface area contributed by atoms with E-state index in [9.17, 15) is 8.42 Å². The summed E-state index contributed by atoms with van der Waals surface area (Å²) in [6.07, 6.45) is 3.07. The predicted molar refractivity (Wildman–Crippen MR) is 74.5 cm³/mol. The van der Waals surface area contributed by atoms with Crippen LogP contribution in [0.3, 0.4) is 0 Å². The molecule has 106 valence electrons. The molecule has 1 atom stereocenters. The molecule has 1 unspecified atom stereocenters. The number of sulfonamides is 1. The summed E-state index contributed by atoms with van der Waals surface area (Å²) in [7, 11) is -3.62. The number of aliphatic hydroxyl groups is 1. The van der Waals surface area contributed by atoms with E-state index >= 15 is 0 Å². The number of nitrogens with two attached hydrogens (primary N) is 1. The number of benzene rings is 1. The maximum absolute atomic E-state index is 11.2. The van der Waals surface area contributed by atoms with Crippen LogP contribution in [0.5, 0.6) is 0 Å². The minimum Gasteiger partial charge on any atom is -0.396 e. The van der Waals surface area contributed by atoms with Crippen molar-refractivity contribution in [2.24, 2.45) is 11.1 Å². The predicted octanol–water partition coefficient (Wildman–Crippen LogP) is 0.933. The Morgan fingerprint density at radius 3 is 2.58 bits per heavy atom. The van der Waals surface area contributed by atoms with Crippen LogP contribution in [0.15, 0.2) is 29.2 Å². The lowest BCUT2D eigenvalue weighted by Gasteiger charge is -2.34. The van der Waals surface area contributed by atoms with E-state index in [-0.39, 0.29) is 11.5 Å². The molecule has 6 heteroatoms. The van der Waals surface area contributed by atoms with Crippen LogP contribution in [-0.4, -0.2) is 33.2 Å². The molecule has 1 aromatic carbocycles. The van der Waals surface area contributed by atoms with E-state index in [0.29, 0.717) is 5.92 Å². The zero-order valence-corrected chi connectivity index (χ0v) is 11.6. The minimum absolute atomic E-state index is 0.139. The Bertz CT molecular complexity index is 511. The molecule has 0 bridgehead atoms. The zero-order chi connectivity index (χ0) is 13.9. The van der Waals surface area contributed by atoms with Crippen LogP contribution in [0.25, 0.3) is 0 Å². The molecule has 0 aromatic heterocycles. The number of rotatable bonds is 4. The summed E-state index contributed by atoms with van der Waals surface area (Å²) in [4.78, 5) is 2.37. The fourth-order valence-electron chi connectivity index (χ4n) is 2.56. The molecule has 1 saturated heterocycles. The van der Waals surface area contributed by atoms with Gasteiger partial charge in [-0.15, -0.1) is 0 Å². The lowest BCUT2D eigenvalue weighted by atomic mass is 9.95. The Morgan fingerprint density at radius 1 is 1.32 bits per heavy atom. The van der Waals surface area contributed by atoms with Gasteiger partial charge in [-0.3, -0.25) is 0 Å². The molecule has 0 spiro atoms. The van der Waals surface area contributed by atoms with E-state index in [4.69, 9.17) is 10.2 Å². The first-order valence-corrected chi connectivity index (χ1v) is 8.04. The van der Waals surface area contributed by atoms with Crippen molar-refractivity contribution in [3.05, 3.63) is 24.3 Å². The second-order valence-corrected chi connectivity index (χ2v) is 6.57. The van der Waals surface area contributed by atoms with Crippen LogP contribution in [-0.2, 0) is 10.0 Å². The van der Waals surface area contributed by atoms with Gasteiger partial charge in [0, 0.05) is 25.4 Å². The Kier molecular flexibility index (Phi) is 4.44. The van der Waals surface area contributed by atoms with Crippen LogP contribution in [0.1, 0.15) is 19.3 Å². The first-order chi connectivity index (χ1) is 9.00. The Labute approximate surface area is 114 Å². The van der Waals surface area contributed by atoms with Crippen molar-refractivity contribution in [1.29, 1.82) is 0 Å². The topological polar surface area (TPSA) is 83.6 Å². The SMILES string of the molecule is NS(=O)(=O)c1ccc(N2CCCC(CCO)C2)cc1. The lowest BCUT2D eigenvalue weighted by molar-refractivity contribution is 0.244. The van der Waals surface area contributed by atoms with Crippen molar-refractivity contribution in [2.75, 3.05) is 24.6 Å². The van der Waals surface area contributed by atoms with Gasteiger partial charge >= 0.3 is 0 Å². The molecule has 0 aliphatic carbocycles. The van der Waals surface area contributed by atoms with E-state index < -0.39 is 10.0 Å². The average molecular weight is 284 g/mol. The van der Waals surface area contributed by atoms with Crippen LogP contribution >= 0.6 is 0 Å². The first kappa shape index (κ1) is 14.3. The molecule has 1 aromatic rings. The Balaban J connectivity index is 2.09. The van der Waals surface area contributed by atoms with E-state index in [2.05, 4.69) is 4.90 Å². The second kappa shape index (κ2) is 5.90. The summed E-state index contributed by atoms with van der Waals surface area (Å²) in [5.74, 6) is 0.511. The Morgan fingerprint density at radius 2 is 2.00 bits per heavy atom. The molecule has 1 heterocycles. The molecule has 1 aliphatic heterocycles. The normalized spacial score (nSPS) is 20.5. The lowest BCUT2D eigenvalue weighted by Crippen LogP contribution is -2.35. The van der Waals surface area contributed by atoms with E-state index in [0.717, 1.165) is 38.0 Å². The molecule has 1 aliphatic rings. The van der Waals surface area contributed by atoms with Gasteiger partial charge in [-0.2, -0.15) is 0 Å². The number of hydrogen-bond acceptors (Lipinski definition) is 4. The maximum atomic E-state index is 11.2. The minimum atomic E-state index is -3.62. The van der Waals surface area contributed by atoms with Crippen LogP contribution < -0.4 is 10.0 Å². The van der Waals surface area contributed by atoms with Crippen molar-refractivity contribution in [1.82, 2.24) is 0 Å². The van der Waals surface area contributed by atoms with Crippen LogP contribution in [0, 0.1) is 5.92 Å². The van der Waals surface area contributed by atoms with Crippen molar-refractivity contribution in [3.8, 4) is 0 Å². The monoisotopic (exact) mass is 284 g/mol. The van der Waals surface area contributed by atoms with E-state index in [1.165, 1.54) is 0 Å². The number of aliphatic hydroxyl groups excluding tert-OH is 1. The number of piperidine rings is 1. The van der Waals surface area contributed by atoms with Crippen molar-refractivity contribution in [3.63, 3.8) is 0 Å². The highest BCUT2D eigenvalue weighted by molar-refractivity contribution is 7.89. The second-order valence-electron chi connectivity index (χ2n) is 5.01. The van der Waals surface area contributed by atoms with Gasteiger partial charge in [0.05, 0.1) is 4.90 Å². The van der Waals surface area contributed by atoms with Gasteiger partial charge in [0.15, 0.2) is 0 Å². The van der Waals surface area contributed by atoms with Crippen molar-refractivity contribution >= 4 is 15.7 Å². The van der Waals surface area contributed by atoms with Gasteiger partial charge in [-0.25, -0.2) is 13.6 Å². The van der Waals surface area contributed by atoms with Crippen LogP contribution in [0.4, 0.5) is 5.69 Å². The fraction of sp³-hybridized carbons (Fsp3) is 0.538. The molecule has 5 nitrogen and oxygen atoms in total. The summed E-state index contributed by atoms with van der Waals surface area (Å²) >= 11 is 0. The largest absolute Gasteiger partial charge is 0.396 e. The molecule has 1 fully saturated rings. The molecule has 19 heavy (non-hydrogen) atoms. The molecular formula is C13H20N2O3S. The number of primary sulfonamides is 1. The highest BCUT2D eigenvalue weighted by atomic mass is 32.2. The summed E-state index contributed by atoms with van der Waals surface area (Å²) in [6, 6.07) is 6.67. The summed E-state index contributed by atoms with van der Waals surface area (Å²) in [5, 5.41) is 14.1. The number of nitrogens with zero attached hydrogens (tertiary/aromatic N) is 1. The number of anilines is 1. The number of hydrogen-bond donors (Lipinski definition) is 2. The zero-order valence-electron chi connectivity index (χ0n) is 10.8. The molecular weight excluding hydrogens is 264 g/mol. The van der Waals surface area contributed by atoms with E-state index in [1.807, 2.05) is 0 Å². The first-order valence-electron chi connectivity index (χ1n) is 6.49.